The van der Waals surface area contributed by atoms with E-state index < -0.39 is 0 Å². The second-order valence-corrected chi connectivity index (χ2v) is 5.97. The molecule has 0 fully saturated rings. The molecule has 2 aromatic heterocycles. The third-order valence-corrected chi connectivity index (χ3v) is 4.16. The molecule has 0 aliphatic heterocycles. The fourth-order valence-electron chi connectivity index (χ4n) is 2.50. The third-order valence-electron chi connectivity index (χ3n) is 3.83. The van der Waals surface area contributed by atoms with Crippen LogP contribution in [-0.2, 0) is 6.54 Å². The van der Waals surface area contributed by atoms with Crippen LogP contribution >= 0.6 is 12.2 Å². The number of thiocarbonyl (C=S) groups is 1. The van der Waals surface area contributed by atoms with Crippen LogP contribution in [0, 0.1) is 5.82 Å². The molecule has 0 aliphatic carbocycles. The predicted octanol–water partition coefficient (Wildman–Crippen LogP) is 4.77. The van der Waals surface area contributed by atoms with Crippen LogP contribution in [0.25, 0.3) is 0 Å². The molecule has 1 atom stereocenters. The first-order valence-electron chi connectivity index (χ1n) is 7.90. The van der Waals surface area contributed by atoms with Crippen molar-refractivity contribution in [1.82, 2.24) is 9.88 Å². The number of benzene rings is 1. The maximum atomic E-state index is 13.4. The minimum absolute atomic E-state index is 0.0835. The Balaban J connectivity index is 1.83. The highest BCUT2D eigenvalue weighted by molar-refractivity contribution is 7.80. The molecule has 1 aromatic carbocycles. The second-order valence-electron chi connectivity index (χ2n) is 5.58. The van der Waals surface area contributed by atoms with Gasteiger partial charge in [-0.15, -0.1) is 0 Å². The predicted molar refractivity (Wildman–Crippen MR) is 99.5 cm³/mol. The maximum Gasteiger partial charge on any atom is 0.174 e. The summed E-state index contributed by atoms with van der Waals surface area (Å²) in [5, 5.41) is 3.57. The van der Waals surface area contributed by atoms with Crippen LogP contribution in [0.2, 0.25) is 0 Å². The van der Waals surface area contributed by atoms with E-state index in [0.29, 0.717) is 17.3 Å². The molecule has 0 radical (unpaired) electrons. The Morgan fingerprint density at radius 1 is 1.24 bits per heavy atom. The molecule has 0 amide bonds. The van der Waals surface area contributed by atoms with Gasteiger partial charge >= 0.3 is 0 Å². The van der Waals surface area contributed by atoms with Gasteiger partial charge in [-0.1, -0.05) is 12.1 Å². The number of hydrogen-bond donors (Lipinski definition) is 1. The van der Waals surface area contributed by atoms with Gasteiger partial charge in [0, 0.05) is 11.9 Å². The van der Waals surface area contributed by atoms with Crippen molar-refractivity contribution >= 4 is 23.0 Å². The van der Waals surface area contributed by atoms with Crippen molar-refractivity contribution in [3.63, 3.8) is 0 Å². The number of furan rings is 1. The van der Waals surface area contributed by atoms with Crippen LogP contribution in [-0.4, -0.2) is 15.0 Å². The molecule has 25 heavy (non-hydrogen) atoms. The fraction of sp³-hybridized carbons (Fsp3) is 0.158. The summed E-state index contributed by atoms with van der Waals surface area (Å²) in [4.78, 5) is 6.37. The summed E-state index contributed by atoms with van der Waals surface area (Å²) in [6, 6.07) is 15.6. The number of nitrogens with one attached hydrogen (secondary N) is 1. The van der Waals surface area contributed by atoms with Crippen molar-refractivity contribution < 1.29 is 8.81 Å². The van der Waals surface area contributed by atoms with E-state index in [1.165, 1.54) is 12.1 Å². The highest BCUT2D eigenvalue weighted by Gasteiger charge is 2.21. The van der Waals surface area contributed by atoms with E-state index in [1.54, 1.807) is 24.6 Å². The molecular formula is C19H18FN3OS. The Bertz CT molecular complexity index is 824. The largest absolute Gasteiger partial charge is 0.467 e. The lowest BCUT2D eigenvalue weighted by molar-refractivity contribution is 0.299. The molecule has 128 valence electrons. The molecule has 1 N–H and O–H groups in total. The van der Waals surface area contributed by atoms with Gasteiger partial charge in [-0.2, -0.15) is 0 Å². The van der Waals surface area contributed by atoms with Crippen molar-refractivity contribution in [2.24, 2.45) is 0 Å². The minimum atomic E-state index is -0.317. The molecule has 0 bridgehead atoms. The van der Waals surface area contributed by atoms with Crippen LogP contribution in [0.15, 0.2) is 71.5 Å². The summed E-state index contributed by atoms with van der Waals surface area (Å²) < 4.78 is 18.9. The van der Waals surface area contributed by atoms with Gasteiger partial charge in [0.15, 0.2) is 5.11 Å². The van der Waals surface area contributed by atoms with Gasteiger partial charge in [-0.05, 0) is 61.6 Å². The van der Waals surface area contributed by atoms with Crippen molar-refractivity contribution in [2.45, 2.75) is 19.5 Å². The number of hydrogen-bond acceptors (Lipinski definition) is 3. The highest BCUT2D eigenvalue weighted by atomic mass is 32.1. The Labute approximate surface area is 151 Å². The summed E-state index contributed by atoms with van der Waals surface area (Å²) >= 11 is 5.57. The topological polar surface area (TPSA) is 41.3 Å². The SMILES string of the molecule is C[C@@H](c1ccccn1)N(Cc1ccco1)C(=S)Nc1cccc(F)c1. The summed E-state index contributed by atoms with van der Waals surface area (Å²) in [6.45, 7) is 2.50. The zero-order valence-corrected chi connectivity index (χ0v) is 14.5. The summed E-state index contributed by atoms with van der Waals surface area (Å²) in [5.74, 6) is 0.467. The number of rotatable bonds is 5. The van der Waals surface area contributed by atoms with Crippen LogP contribution < -0.4 is 5.32 Å². The summed E-state index contributed by atoms with van der Waals surface area (Å²) in [6.07, 6.45) is 3.38. The normalized spacial score (nSPS) is 11.8. The molecular weight excluding hydrogens is 337 g/mol. The lowest BCUT2D eigenvalue weighted by Gasteiger charge is -2.30. The van der Waals surface area contributed by atoms with Gasteiger partial charge in [-0.25, -0.2) is 4.39 Å². The lowest BCUT2D eigenvalue weighted by Crippen LogP contribution is -2.36. The van der Waals surface area contributed by atoms with Gasteiger partial charge in [0.25, 0.3) is 0 Å². The Kier molecular flexibility index (Phi) is 5.40. The number of anilines is 1. The molecule has 0 spiro atoms. The molecule has 0 saturated carbocycles. The first-order chi connectivity index (χ1) is 12.1. The fourth-order valence-corrected chi connectivity index (χ4v) is 2.84. The summed E-state index contributed by atoms with van der Waals surface area (Å²) in [7, 11) is 0. The molecule has 0 aliphatic rings. The molecule has 3 aromatic rings. The van der Waals surface area contributed by atoms with E-state index in [9.17, 15) is 4.39 Å². The van der Waals surface area contributed by atoms with Gasteiger partial charge in [0.2, 0.25) is 0 Å². The Hall–Kier alpha value is -2.73. The van der Waals surface area contributed by atoms with Crippen molar-refractivity contribution in [1.29, 1.82) is 0 Å². The van der Waals surface area contributed by atoms with E-state index in [-0.39, 0.29) is 11.9 Å². The maximum absolute atomic E-state index is 13.4. The minimum Gasteiger partial charge on any atom is -0.467 e. The molecule has 0 unspecified atom stereocenters. The average Bonchev–Trinajstić information content (AvgIpc) is 3.13. The van der Waals surface area contributed by atoms with Gasteiger partial charge < -0.3 is 14.6 Å². The standard InChI is InChI=1S/C19H18FN3OS/c1-14(18-9-2-3-10-21-18)23(13-17-8-5-11-24-17)19(25)22-16-7-4-6-15(20)12-16/h2-12,14H,13H2,1H3,(H,22,25)/t14-/m0/s1. The van der Waals surface area contributed by atoms with E-state index in [4.69, 9.17) is 16.6 Å². The van der Waals surface area contributed by atoms with Gasteiger partial charge in [-0.3, -0.25) is 4.98 Å². The van der Waals surface area contributed by atoms with Crippen molar-refractivity contribution in [2.75, 3.05) is 5.32 Å². The monoisotopic (exact) mass is 355 g/mol. The lowest BCUT2D eigenvalue weighted by atomic mass is 10.2. The molecule has 3 rings (SSSR count). The van der Waals surface area contributed by atoms with E-state index in [0.717, 1.165) is 11.5 Å². The zero-order valence-electron chi connectivity index (χ0n) is 13.7. The number of nitrogens with zero attached hydrogens (tertiary/aromatic N) is 2. The number of halogens is 1. The first-order valence-corrected chi connectivity index (χ1v) is 8.31. The Morgan fingerprint density at radius 3 is 2.80 bits per heavy atom. The summed E-state index contributed by atoms with van der Waals surface area (Å²) in [5.41, 5.74) is 1.49. The average molecular weight is 355 g/mol. The van der Waals surface area contributed by atoms with Crippen molar-refractivity contribution in [3.05, 3.63) is 84.3 Å². The van der Waals surface area contributed by atoms with Crippen LogP contribution in [0.5, 0.6) is 0 Å². The number of aromatic nitrogens is 1. The second kappa shape index (κ2) is 7.90. The van der Waals surface area contributed by atoms with Crippen LogP contribution in [0.1, 0.15) is 24.4 Å². The zero-order chi connectivity index (χ0) is 17.6. The quantitative estimate of drug-likeness (QED) is 0.668. The van der Waals surface area contributed by atoms with E-state index >= 15 is 0 Å². The Morgan fingerprint density at radius 2 is 2.12 bits per heavy atom. The van der Waals surface area contributed by atoms with E-state index in [1.807, 2.05) is 42.2 Å². The molecule has 2 heterocycles. The molecule has 0 saturated heterocycles. The third kappa shape index (κ3) is 4.42. The molecule has 4 nitrogen and oxygen atoms in total. The van der Waals surface area contributed by atoms with Gasteiger partial charge in [0.05, 0.1) is 24.5 Å². The smallest absolute Gasteiger partial charge is 0.174 e. The van der Waals surface area contributed by atoms with Gasteiger partial charge in [0.1, 0.15) is 11.6 Å². The molecule has 6 heteroatoms. The highest BCUT2D eigenvalue weighted by Crippen LogP contribution is 2.22. The van der Waals surface area contributed by atoms with Crippen molar-refractivity contribution in [3.8, 4) is 0 Å². The van der Waals surface area contributed by atoms with E-state index in [2.05, 4.69) is 10.3 Å². The van der Waals surface area contributed by atoms with Crippen LogP contribution in [0.3, 0.4) is 0 Å². The number of pyridine rings is 1. The first kappa shape index (κ1) is 17.1. The van der Waals surface area contributed by atoms with Crippen LogP contribution in [0.4, 0.5) is 10.1 Å².